The van der Waals surface area contributed by atoms with E-state index < -0.39 is 0 Å². The zero-order chi connectivity index (χ0) is 13.7. The van der Waals surface area contributed by atoms with E-state index in [0.29, 0.717) is 0 Å². The van der Waals surface area contributed by atoms with Crippen LogP contribution in [0.3, 0.4) is 0 Å². The lowest BCUT2D eigenvalue weighted by molar-refractivity contribution is 0.186. The van der Waals surface area contributed by atoms with Gasteiger partial charge < -0.3 is 9.80 Å². The van der Waals surface area contributed by atoms with Gasteiger partial charge in [0.2, 0.25) is 0 Å². The summed E-state index contributed by atoms with van der Waals surface area (Å²) in [4.78, 5) is 5.00. The van der Waals surface area contributed by atoms with Crippen molar-refractivity contribution in [2.45, 2.75) is 32.7 Å². The predicted octanol–water partition coefficient (Wildman–Crippen LogP) is 2.87. The van der Waals surface area contributed by atoms with Crippen LogP contribution >= 0.6 is 0 Å². The normalized spacial score (nSPS) is 16.6. The molecule has 1 fully saturated rings. The van der Waals surface area contributed by atoms with Crippen LogP contribution in [-0.2, 0) is 0 Å². The first-order chi connectivity index (χ1) is 9.28. The Bertz CT molecular complexity index is 420. The van der Waals surface area contributed by atoms with E-state index >= 15 is 0 Å². The fraction of sp³-hybridized carbons (Fsp3) is 0.562. The van der Waals surface area contributed by atoms with Gasteiger partial charge in [0.1, 0.15) is 0 Å². The van der Waals surface area contributed by atoms with Crippen molar-refractivity contribution in [3.05, 3.63) is 29.8 Å². The highest BCUT2D eigenvalue weighted by atomic mass is 15.2. The van der Waals surface area contributed by atoms with Crippen molar-refractivity contribution in [2.24, 2.45) is 0 Å². The topological polar surface area (TPSA) is 30.3 Å². The summed E-state index contributed by atoms with van der Waals surface area (Å²) in [6, 6.07) is 10.9. The molecule has 0 atom stereocenters. The molecule has 1 aromatic rings. The minimum absolute atomic E-state index is 0.738. The highest BCUT2D eigenvalue weighted by molar-refractivity contribution is 5.50. The van der Waals surface area contributed by atoms with Gasteiger partial charge >= 0.3 is 0 Å². The van der Waals surface area contributed by atoms with Crippen LogP contribution in [0.2, 0.25) is 0 Å². The van der Waals surface area contributed by atoms with E-state index in [1.54, 1.807) is 0 Å². The standard InChI is InChI=1S/C16H23N3/c1-3-18(4-2)16-9-11-19(12-10-16)15-7-5-14(13-17)6-8-15/h5-8,16H,3-4,9-12H2,1-2H3. The molecule has 19 heavy (non-hydrogen) atoms. The maximum absolute atomic E-state index is 8.82. The molecule has 1 aliphatic rings. The summed E-state index contributed by atoms with van der Waals surface area (Å²) >= 11 is 0. The third-order valence-corrected chi connectivity index (χ3v) is 4.15. The molecule has 0 spiro atoms. The molecule has 0 bridgehead atoms. The second kappa shape index (κ2) is 6.58. The van der Waals surface area contributed by atoms with Crippen molar-refractivity contribution >= 4 is 5.69 Å². The summed E-state index contributed by atoms with van der Waals surface area (Å²) in [6.45, 7) is 9.03. The van der Waals surface area contributed by atoms with E-state index in [-0.39, 0.29) is 0 Å². The molecule has 0 radical (unpaired) electrons. The molecule has 0 N–H and O–H groups in total. The molecule has 3 nitrogen and oxygen atoms in total. The first kappa shape index (κ1) is 13.9. The van der Waals surface area contributed by atoms with E-state index in [4.69, 9.17) is 5.26 Å². The van der Waals surface area contributed by atoms with Gasteiger partial charge in [0, 0.05) is 24.8 Å². The second-order valence-corrected chi connectivity index (χ2v) is 5.10. The Balaban J connectivity index is 1.94. The molecular weight excluding hydrogens is 234 g/mol. The summed E-state index contributed by atoms with van der Waals surface area (Å²) in [5.41, 5.74) is 1.98. The number of hydrogen-bond acceptors (Lipinski definition) is 3. The fourth-order valence-corrected chi connectivity index (χ4v) is 2.98. The minimum Gasteiger partial charge on any atom is -0.371 e. The van der Waals surface area contributed by atoms with E-state index in [9.17, 15) is 0 Å². The van der Waals surface area contributed by atoms with E-state index in [2.05, 4.69) is 41.8 Å². The number of benzene rings is 1. The first-order valence-electron chi connectivity index (χ1n) is 7.27. The van der Waals surface area contributed by atoms with Gasteiger partial charge in [-0.3, -0.25) is 0 Å². The third-order valence-electron chi connectivity index (χ3n) is 4.15. The zero-order valence-electron chi connectivity index (χ0n) is 12.0. The van der Waals surface area contributed by atoms with Crippen LogP contribution in [0.15, 0.2) is 24.3 Å². The monoisotopic (exact) mass is 257 g/mol. The van der Waals surface area contributed by atoms with E-state index in [1.807, 2.05) is 12.1 Å². The van der Waals surface area contributed by atoms with Crippen LogP contribution in [-0.4, -0.2) is 37.1 Å². The Morgan fingerprint density at radius 2 is 1.74 bits per heavy atom. The summed E-state index contributed by atoms with van der Waals surface area (Å²) < 4.78 is 0. The molecule has 0 unspecified atom stereocenters. The van der Waals surface area contributed by atoms with Gasteiger partial charge in [0.15, 0.2) is 0 Å². The van der Waals surface area contributed by atoms with Gasteiger partial charge in [0.25, 0.3) is 0 Å². The van der Waals surface area contributed by atoms with Crippen molar-refractivity contribution in [3.63, 3.8) is 0 Å². The van der Waals surface area contributed by atoms with E-state index in [0.717, 1.165) is 37.8 Å². The van der Waals surface area contributed by atoms with Crippen LogP contribution in [0.1, 0.15) is 32.3 Å². The van der Waals surface area contributed by atoms with Crippen LogP contribution in [0, 0.1) is 11.3 Å². The van der Waals surface area contributed by atoms with Gasteiger partial charge in [0.05, 0.1) is 11.6 Å². The minimum atomic E-state index is 0.738. The van der Waals surface area contributed by atoms with E-state index in [1.165, 1.54) is 18.5 Å². The molecule has 2 rings (SSSR count). The lowest BCUT2D eigenvalue weighted by Crippen LogP contribution is -2.44. The van der Waals surface area contributed by atoms with Gasteiger partial charge in [-0.05, 0) is 50.2 Å². The molecule has 102 valence electrons. The molecular formula is C16H23N3. The molecule has 1 saturated heterocycles. The highest BCUT2D eigenvalue weighted by Gasteiger charge is 2.22. The average molecular weight is 257 g/mol. The van der Waals surface area contributed by atoms with Gasteiger partial charge in [-0.1, -0.05) is 13.8 Å². The Morgan fingerprint density at radius 1 is 1.16 bits per heavy atom. The Morgan fingerprint density at radius 3 is 2.21 bits per heavy atom. The summed E-state index contributed by atoms with van der Waals surface area (Å²) in [5.74, 6) is 0. The largest absolute Gasteiger partial charge is 0.371 e. The third kappa shape index (κ3) is 3.27. The number of anilines is 1. The van der Waals surface area contributed by atoms with Crippen LogP contribution < -0.4 is 4.90 Å². The number of hydrogen-bond donors (Lipinski definition) is 0. The smallest absolute Gasteiger partial charge is 0.0991 e. The summed E-state index contributed by atoms with van der Waals surface area (Å²) in [7, 11) is 0. The van der Waals surface area contributed by atoms with Gasteiger partial charge in [-0.25, -0.2) is 0 Å². The number of piperidine rings is 1. The second-order valence-electron chi connectivity index (χ2n) is 5.10. The Kier molecular flexibility index (Phi) is 4.81. The van der Waals surface area contributed by atoms with Crippen molar-refractivity contribution in [1.29, 1.82) is 5.26 Å². The molecule has 0 amide bonds. The van der Waals surface area contributed by atoms with Crippen molar-refractivity contribution in [2.75, 3.05) is 31.1 Å². The highest BCUT2D eigenvalue weighted by Crippen LogP contribution is 2.22. The lowest BCUT2D eigenvalue weighted by atomic mass is 10.0. The van der Waals surface area contributed by atoms with Gasteiger partial charge in [-0.15, -0.1) is 0 Å². The predicted molar refractivity (Wildman–Crippen MR) is 79.3 cm³/mol. The lowest BCUT2D eigenvalue weighted by Gasteiger charge is -2.38. The van der Waals surface area contributed by atoms with Crippen LogP contribution in [0.5, 0.6) is 0 Å². The Labute approximate surface area is 116 Å². The molecule has 1 aromatic carbocycles. The summed E-state index contributed by atoms with van der Waals surface area (Å²) in [5, 5.41) is 8.82. The maximum Gasteiger partial charge on any atom is 0.0991 e. The molecule has 1 heterocycles. The maximum atomic E-state index is 8.82. The zero-order valence-corrected chi connectivity index (χ0v) is 12.0. The number of nitriles is 1. The Hall–Kier alpha value is -1.53. The number of nitrogens with zero attached hydrogens (tertiary/aromatic N) is 3. The number of rotatable bonds is 4. The molecule has 3 heteroatoms. The van der Waals surface area contributed by atoms with Crippen LogP contribution in [0.4, 0.5) is 5.69 Å². The molecule has 0 aliphatic carbocycles. The first-order valence-corrected chi connectivity index (χ1v) is 7.27. The van der Waals surface area contributed by atoms with Gasteiger partial charge in [-0.2, -0.15) is 5.26 Å². The SMILES string of the molecule is CCN(CC)C1CCN(c2ccc(C#N)cc2)CC1. The van der Waals surface area contributed by atoms with Crippen molar-refractivity contribution < 1.29 is 0 Å². The molecule has 0 aromatic heterocycles. The average Bonchev–Trinajstić information content (AvgIpc) is 2.49. The fourth-order valence-electron chi connectivity index (χ4n) is 2.98. The summed E-state index contributed by atoms with van der Waals surface area (Å²) in [6.07, 6.45) is 2.48. The molecule has 1 aliphatic heterocycles. The molecule has 0 saturated carbocycles. The van der Waals surface area contributed by atoms with Crippen molar-refractivity contribution in [3.8, 4) is 6.07 Å². The quantitative estimate of drug-likeness (QED) is 0.831. The van der Waals surface area contributed by atoms with Crippen LogP contribution in [0.25, 0.3) is 0 Å². The van der Waals surface area contributed by atoms with Crippen molar-refractivity contribution in [1.82, 2.24) is 4.90 Å².